The Labute approximate surface area is 89.0 Å². The zero-order valence-electron chi connectivity index (χ0n) is 6.88. The first-order valence-electron chi connectivity index (χ1n) is 3.46. The lowest BCUT2D eigenvalue weighted by atomic mass is 10.3. The molecule has 0 aromatic carbocycles. The average Bonchev–Trinajstić information content (AvgIpc) is 2.07. The maximum absolute atomic E-state index is 10.7. The molecule has 1 rings (SSSR count). The Bertz CT molecular complexity index is 332. The number of rotatable bonds is 3. The van der Waals surface area contributed by atoms with E-state index >= 15 is 0 Å². The number of aromatic nitrogens is 1. The Morgan fingerprint density at radius 1 is 1.62 bits per heavy atom. The van der Waals surface area contributed by atoms with Crippen LogP contribution in [0.25, 0.3) is 0 Å². The van der Waals surface area contributed by atoms with Crippen LogP contribution >= 0.6 is 23.2 Å². The molecule has 1 atom stereocenters. The SMILES string of the molecule is CS(=O)NCc1cnc(Cl)c(Cl)c1. The van der Waals surface area contributed by atoms with Crippen LogP contribution < -0.4 is 4.72 Å². The first-order chi connectivity index (χ1) is 6.09. The highest BCUT2D eigenvalue weighted by Gasteiger charge is 2.00. The second-order valence-electron chi connectivity index (χ2n) is 2.39. The summed E-state index contributed by atoms with van der Waals surface area (Å²) in [5.41, 5.74) is 0.851. The molecule has 1 N–H and O–H groups in total. The summed E-state index contributed by atoms with van der Waals surface area (Å²) in [7, 11) is -1.03. The van der Waals surface area contributed by atoms with Gasteiger partial charge in [0, 0.05) is 19.0 Å². The van der Waals surface area contributed by atoms with Crippen molar-refractivity contribution in [3.05, 3.63) is 28.0 Å². The fourth-order valence-electron chi connectivity index (χ4n) is 0.742. The summed E-state index contributed by atoms with van der Waals surface area (Å²) < 4.78 is 13.4. The summed E-state index contributed by atoms with van der Waals surface area (Å²) >= 11 is 11.4. The van der Waals surface area contributed by atoms with Crippen molar-refractivity contribution in [3.8, 4) is 0 Å². The molecule has 0 fully saturated rings. The zero-order valence-corrected chi connectivity index (χ0v) is 9.21. The monoisotopic (exact) mass is 238 g/mol. The second kappa shape index (κ2) is 4.91. The summed E-state index contributed by atoms with van der Waals surface area (Å²) in [6, 6.07) is 1.69. The van der Waals surface area contributed by atoms with Crippen molar-refractivity contribution >= 4 is 34.2 Å². The molecule has 0 aliphatic rings. The Kier molecular flexibility index (Phi) is 4.12. The molecule has 1 unspecified atom stereocenters. The van der Waals surface area contributed by atoms with Crippen molar-refractivity contribution in [2.75, 3.05) is 6.26 Å². The Morgan fingerprint density at radius 3 is 2.85 bits per heavy atom. The van der Waals surface area contributed by atoms with Crippen LogP contribution in [0.3, 0.4) is 0 Å². The fraction of sp³-hybridized carbons (Fsp3) is 0.286. The van der Waals surface area contributed by atoms with Gasteiger partial charge in [0.05, 0.1) is 16.0 Å². The molecule has 0 aliphatic carbocycles. The summed E-state index contributed by atoms with van der Waals surface area (Å²) in [5.74, 6) is 0. The van der Waals surface area contributed by atoms with E-state index < -0.39 is 11.0 Å². The highest BCUT2D eigenvalue weighted by molar-refractivity contribution is 7.82. The molecule has 0 amide bonds. The van der Waals surface area contributed by atoms with Crippen LogP contribution in [0.15, 0.2) is 12.3 Å². The number of nitrogens with zero attached hydrogens (tertiary/aromatic N) is 1. The normalized spacial score (nSPS) is 12.8. The van der Waals surface area contributed by atoms with Gasteiger partial charge in [-0.2, -0.15) is 0 Å². The molecule has 0 spiro atoms. The first-order valence-corrected chi connectivity index (χ1v) is 5.78. The van der Waals surface area contributed by atoms with Crippen molar-refractivity contribution in [3.63, 3.8) is 0 Å². The zero-order chi connectivity index (χ0) is 9.84. The van der Waals surface area contributed by atoms with Crippen LogP contribution in [0.2, 0.25) is 10.2 Å². The third kappa shape index (κ3) is 3.60. The lowest BCUT2D eigenvalue weighted by molar-refractivity contribution is 0.676. The summed E-state index contributed by atoms with van der Waals surface area (Å²) in [6.07, 6.45) is 3.15. The van der Waals surface area contributed by atoms with Crippen LogP contribution in [-0.4, -0.2) is 15.4 Å². The molecule has 0 bridgehead atoms. The van der Waals surface area contributed by atoms with E-state index in [2.05, 4.69) is 9.71 Å². The van der Waals surface area contributed by atoms with Gasteiger partial charge in [0.25, 0.3) is 0 Å². The van der Waals surface area contributed by atoms with Crippen LogP contribution in [0.1, 0.15) is 5.56 Å². The lowest BCUT2D eigenvalue weighted by Crippen LogP contribution is -2.14. The minimum atomic E-state index is -1.03. The van der Waals surface area contributed by atoms with E-state index in [9.17, 15) is 4.21 Å². The quantitative estimate of drug-likeness (QED) is 0.817. The predicted octanol–water partition coefficient (Wildman–Crippen LogP) is 1.77. The van der Waals surface area contributed by atoms with E-state index in [4.69, 9.17) is 23.2 Å². The Hall–Kier alpha value is -0.160. The standard InChI is InChI=1S/C7H8Cl2N2OS/c1-13(12)11-4-5-2-6(8)7(9)10-3-5/h2-3,11H,4H2,1H3. The van der Waals surface area contributed by atoms with Gasteiger partial charge in [-0.3, -0.25) is 0 Å². The van der Waals surface area contributed by atoms with Crippen LogP contribution in [0.4, 0.5) is 0 Å². The van der Waals surface area contributed by atoms with Gasteiger partial charge in [-0.25, -0.2) is 13.9 Å². The van der Waals surface area contributed by atoms with Gasteiger partial charge in [-0.15, -0.1) is 0 Å². The van der Waals surface area contributed by atoms with Crippen molar-refractivity contribution in [1.29, 1.82) is 0 Å². The summed E-state index contributed by atoms with van der Waals surface area (Å²) in [6.45, 7) is 0.465. The van der Waals surface area contributed by atoms with Crippen LogP contribution in [-0.2, 0) is 17.5 Å². The van der Waals surface area contributed by atoms with Crippen molar-refractivity contribution in [2.45, 2.75) is 6.54 Å². The topological polar surface area (TPSA) is 42.0 Å². The molecule has 1 aromatic heterocycles. The van der Waals surface area contributed by atoms with Gasteiger partial charge in [0.1, 0.15) is 5.15 Å². The Balaban J connectivity index is 2.68. The molecule has 6 heteroatoms. The third-order valence-electron chi connectivity index (χ3n) is 1.33. The number of hydrogen-bond donors (Lipinski definition) is 1. The molecule has 0 radical (unpaired) electrons. The Morgan fingerprint density at radius 2 is 2.31 bits per heavy atom. The minimum Gasteiger partial charge on any atom is -0.243 e. The number of halogens is 2. The molecule has 0 saturated heterocycles. The lowest BCUT2D eigenvalue weighted by Gasteiger charge is -2.01. The fourth-order valence-corrected chi connectivity index (χ4v) is 1.40. The molecule has 0 saturated carbocycles. The largest absolute Gasteiger partial charge is 0.243 e. The maximum Gasteiger partial charge on any atom is 0.147 e. The minimum absolute atomic E-state index is 0.281. The predicted molar refractivity (Wildman–Crippen MR) is 55.2 cm³/mol. The van der Waals surface area contributed by atoms with E-state index in [-0.39, 0.29) is 5.15 Å². The van der Waals surface area contributed by atoms with E-state index in [0.717, 1.165) is 5.56 Å². The molecule has 1 heterocycles. The van der Waals surface area contributed by atoms with Crippen LogP contribution in [0.5, 0.6) is 0 Å². The molecule has 1 aromatic rings. The van der Waals surface area contributed by atoms with Gasteiger partial charge < -0.3 is 0 Å². The highest BCUT2D eigenvalue weighted by Crippen LogP contribution is 2.19. The second-order valence-corrected chi connectivity index (χ2v) is 4.35. The molecular formula is C7H8Cl2N2OS. The van der Waals surface area contributed by atoms with Gasteiger partial charge in [0.15, 0.2) is 0 Å². The molecule has 3 nitrogen and oxygen atoms in total. The first kappa shape index (κ1) is 10.9. The number of nitrogens with one attached hydrogen (secondary N) is 1. The third-order valence-corrected chi connectivity index (χ3v) is 2.57. The number of hydrogen-bond acceptors (Lipinski definition) is 2. The smallest absolute Gasteiger partial charge is 0.147 e. The summed E-state index contributed by atoms with van der Waals surface area (Å²) in [4.78, 5) is 3.85. The maximum atomic E-state index is 10.7. The van der Waals surface area contributed by atoms with E-state index in [1.165, 1.54) is 0 Å². The van der Waals surface area contributed by atoms with Gasteiger partial charge >= 0.3 is 0 Å². The van der Waals surface area contributed by atoms with Crippen molar-refractivity contribution < 1.29 is 4.21 Å². The van der Waals surface area contributed by atoms with Gasteiger partial charge in [-0.05, 0) is 11.6 Å². The van der Waals surface area contributed by atoms with E-state index in [1.807, 2.05) is 0 Å². The van der Waals surface area contributed by atoms with Gasteiger partial charge in [0.2, 0.25) is 0 Å². The molecule has 72 valence electrons. The molecule has 0 aliphatic heterocycles. The van der Waals surface area contributed by atoms with Crippen molar-refractivity contribution in [2.24, 2.45) is 0 Å². The van der Waals surface area contributed by atoms with Crippen molar-refractivity contribution in [1.82, 2.24) is 9.71 Å². The molecule has 13 heavy (non-hydrogen) atoms. The van der Waals surface area contributed by atoms with E-state index in [0.29, 0.717) is 11.6 Å². The summed E-state index contributed by atoms with van der Waals surface area (Å²) in [5, 5.41) is 0.686. The van der Waals surface area contributed by atoms with Gasteiger partial charge in [-0.1, -0.05) is 23.2 Å². The van der Waals surface area contributed by atoms with E-state index in [1.54, 1.807) is 18.5 Å². The average molecular weight is 239 g/mol. The highest BCUT2D eigenvalue weighted by atomic mass is 35.5. The molecular weight excluding hydrogens is 231 g/mol. The van der Waals surface area contributed by atoms with Crippen LogP contribution in [0, 0.1) is 0 Å². The number of pyridine rings is 1.